The summed E-state index contributed by atoms with van der Waals surface area (Å²) in [5, 5.41) is 10.4. The number of carbonyl (C=O) groups excluding carboxylic acids is 1. The van der Waals surface area contributed by atoms with E-state index in [0.717, 1.165) is 21.5 Å². The van der Waals surface area contributed by atoms with Crippen LogP contribution in [-0.4, -0.2) is 32.3 Å². The van der Waals surface area contributed by atoms with Gasteiger partial charge in [0, 0.05) is 17.0 Å². The molecule has 0 atom stereocenters. The van der Waals surface area contributed by atoms with Crippen LogP contribution in [0.25, 0.3) is 11.0 Å². The van der Waals surface area contributed by atoms with E-state index in [0.29, 0.717) is 25.2 Å². The number of benzene rings is 2. The summed E-state index contributed by atoms with van der Waals surface area (Å²) in [5.41, 5.74) is 3.62. The Bertz CT molecular complexity index is 1080. The first-order valence-electron chi connectivity index (χ1n) is 9.04. The summed E-state index contributed by atoms with van der Waals surface area (Å²) in [4.78, 5) is 15.9. The maximum Gasteiger partial charge on any atom is 0.254 e. The molecular formula is C22H20N4OS. The highest BCUT2D eigenvalue weighted by Gasteiger charge is 2.15. The molecule has 2 heterocycles. The monoisotopic (exact) mass is 388 g/mol. The predicted octanol–water partition coefficient (Wildman–Crippen LogP) is 4.37. The van der Waals surface area contributed by atoms with Gasteiger partial charge in [-0.05, 0) is 41.3 Å². The van der Waals surface area contributed by atoms with Crippen LogP contribution in [0.15, 0.2) is 78.7 Å². The molecule has 0 fully saturated rings. The van der Waals surface area contributed by atoms with Gasteiger partial charge in [-0.15, -0.1) is 23.0 Å². The minimum absolute atomic E-state index is 0.00561. The van der Waals surface area contributed by atoms with Crippen molar-refractivity contribution in [2.75, 3.05) is 6.54 Å². The van der Waals surface area contributed by atoms with Crippen molar-refractivity contribution in [1.29, 1.82) is 0 Å². The van der Waals surface area contributed by atoms with Gasteiger partial charge in [-0.25, -0.2) is 4.68 Å². The Morgan fingerprint density at radius 3 is 2.68 bits per heavy atom. The number of hydrogen-bond acceptors (Lipinski definition) is 4. The summed E-state index contributed by atoms with van der Waals surface area (Å²) in [6.07, 6.45) is 1.76. The SMILES string of the molecule is C=CCN(Cc1cccs1)C(=O)c1ccc(Cn2nnc3ccccc32)cc1. The van der Waals surface area contributed by atoms with Crippen LogP contribution in [0.2, 0.25) is 0 Å². The van der Waals surface area contributed by atoms with E-state index in [9.17, 15) is 4.79 Å². The summed E-state index contributed by atoms with van der Waals surface area (Å²) in [6.45, 7) is 5.50. The van der Waals surface area contributed by atoms with Crippen LogP contribution in [0, 0.1) is 0 Å². The quantitative estimate of drug-likeness (QED) is 0.442. The molecule has 2 aromatic heterocycles. The molecule has 0 radical (unpaired) electrons. The average molecular weight is 388 g/mol. The summed E-state index contributed by atoms with van der Waals surface area (Å²) < 4.78 is 1.87. The van der Waals surface area contributed by atoms with Crippen LogP contribution in [0.4, 0.5) is 0 Å². The first-order valence-corrected chi connectivity index (χ1v) is 9.92. The Balaban J connectivity index is 1.50. The van der Waals surface area contributed by atoms with Crippen molar-refractivity contribution >= 4 is 28.3 Å². The third kappa shape index (κ3) is 3.87. The van der Waals surface area contributed by atoms with E-state index < -0.39 is 0 Å². The van der Waals surface area contributed by atoms with Crippen molar-refractivity contribution in [2.45, 2.75) is 13.1 Å². The Kier molecular flexibility index (Phi) is 5.30. The molecule has 28 heavy (non-hydrogen) atoms. The molecule has 6 heteroatoms. The number of hydrogen-bond donors (Lipinski definition) is 0. The number of amides is 1. The van der Waals surface area contributed by atoms with E-state index in [2.05, 4.69) is 16.9 Å². The number of aromatic nitrogens is 3. The molecular weight excluding hydrogens is 368 g/mol. The number of fused-ring (bicyclic) bond motifs is 1. The lowest BCUT2D eigenvalue weighted by Crippen LogP contribution is -2.30. The standard InChI is InChI=1S/C22H20N4OS/c1-2-13-25(16-19-6-5-14-28-19)22(27)18-11-9-17(10-12-18)15-26-21-8-4-3-7-20(21)23-24-26/h2-12,14H,1,13,15-16H2. The Morgan fingerprint density at radius 2 is 1.93 bits per heavy atom. The summed E-state index contributed by atoms with van der Waals surface area (Å²) in [7, 11) is 0. The Labute approximate surface area is 167 Å². The van der Waals surface area contributed by atoms with Crippen LogP contribution in [0.3, 0.4) is 0 Å². The fourth-order valence-corrected chi connectivity index (χ4v) is 3.83. The number of para-hydroxylation sites is 1. The van der Waals surface area contributed by atoms with Gasteiger partial charge in [-0.2, -0.15) is 0 Å². The minimum atomic E-state index is 0.00561. The molecule has 0 aliphatic heterocycles. The van der Waals surface area contributed by atoms with E-state index >= 15 is 0 Å². The van der Waals surface area contributed by atoms with Crippen LogP contribution in [0.1, 0.15) is 20.8 Å². The van der Waals surface area contributed by atoms with Gasteiger partial charge in [-0.1, -0.05) is 41.6 Å². The smallest absolute Gasteiger partial charge is 0.254 e. The lowest BCUT2D eigenvalue weighted by molar-refractivity contribution is 0.0764. The van der Waals surface area contributed by atoms with Gasteiger partial charge in [0.1, 0.15) is 5.52 Å². The second-order valence-electron chi connectivity index (χ2n) is 6.49. The van der Waals surface area contributed by atoms with E-state index in [4.69, 9.17) is 0 Å². The van der Waals surface area contributed by atoms with Gasteiger partial charge in [0.2, 0.25) is 0 Å². The molecule has 140 valence electrons. The first-order chi connectivity index (χ1) is 13.7. The predicted molar refractivity (Wildman–Crippen MR) is 112 cm³/mol. The van der Waals surface area contributed by atoms with Gasteiger partial charge in [0.05, 0.1) is 18.6 Å². The van der Waals surface area contributed by atoms with Gasteiger partial charge in [0.25, 0.3) is 5.91 Å². The average Bonchev–Trinajstić information content (AvgIpc) is 3.38. The molecule has 0 saturated heterocycles. The van der Waals surface area contributed by atoms with E-state index in [1.165, 1.54) is 0 Å². The zero-order valence-electron chi connectivity index (χ0n) is 15.4. The fraction of sp³-hybridized carbons (Fsp3) is 0.136. The molecule has 2 aromatic carbocycles. The molecule has 1 amide bonds. The van der Waals surface area contributed by atoms with Crippen LogP contribution >= 0.6 is 11.3 Å². The number of thiophene rings is 1. The summed E-state index contributed by atoms with van der Waals surface area (Å²) >= 11 is 1.65. The van der Waals surface area contributed by atoms with Crippen molar-refractivity contribution < 1.29 is 4.79 Å². The molecule has 0 N–H and O–H groups in total. The highest BCUT2D eigenvalue weighted by Crippen LogP contribution is 2.16. The van der Waals surface area contributed by atoms with E-state index in [1.807, 2.05) is 70.7 Å². The number of rotatable bonds is 7. The van der Waals surface area contributed by atoms with Crippen molar-refractivity contribution in [3.8, 4) is 0 Å². The molecule has 0 aliphatic rings. The molecule has 0 spiro atoms. The summed E-state index contributed by atoms with van der Waals surface area (Å²) in [5.74, 6) is 0.00561. The molecule has 0 saturated carbocycles. The summed E-state index contributed by atoms with van der Waals surface area (Å²) in [6, 6.07) is 19.6. The van der Waals surface area contributed by atoms with Gasteiger partial charge in [-0.3, -0.25) is 4.79 Å². The highest BCUT2D eigenvalue weighted by atomic mass is 32.1. The third-order valence-electron chi connectivity index (χ3n) is 4.52. The molecule has 0 unspecified atom stereocenters. The normalized spacial score (nSPS) is 10.9. The Hall–Kier alpha value is -3.25. The zero-order chi connectivity index (χ0) is 19.3. The lowest BCUT2D eigenvalue weighted by Gasteiger charge is -2.20. The largest absolute Gasteiger partial charge is 0.330 e. The topological polar surface area (TPSA) is 51.0 Å². The van der Waals surface area contributed by atoms with Crippen molar-refractivity contribution in [2.24, 2.45) is 0 Å². The molecule has 0 bridgehead atoms. The van der Waals surface area contributed by atoms with Crippen molar-refractivity contribution in [3.05, 3.63) is 94.7 Å². The van der Waals surface area contributed by atoms with Crippen molar-refractivity contribution in [1.82, 2.24) is 19.9 Å². The van der Waals surface area contributed by atoms with Gasteiger partial charge in [0.15, 0.2) is 0 Å². The van der Waals surface area contributed by atoms with Gasteiger partial charge < -0.3 is 4.90 Å². The lowest BCUT2D eigenvalue weighted by atomic mass is 10.1. The first kappa shape index (κ1) is 18.1. The van der Waals surface area contributed by atoms with E-state index in [1.54, 1.807) is 22.3 Å². The molecule has 5 nitrogen and oxygen atoms in total. The van der Waals surface area contributed by atoms with Crippen LogP contribution < -0.4 is 0 Å². The maximum absolute atomic E-state index is 12.9. The maximum atomic E-state index is 12.9. The Morgan fingerprint density at radius 1 is 1.11 bits per heavy atom. The number of nitrogens with zero attached hydrogens (tertiary/aromatic N) is 4. The zero-order valence-corrected chi connectivity index (χ0v) is 16.2. The second kappa shape index (κ2) is 8.19. The minimum Gasteiger partial charge on any atom is -0.330 e. The molecule has 4 aromatic rings. The van der Waals surface area contributed by atoms with Crippen LogP contribution in [-0.2, 0) is 13.1 Å². The highest BCUT2D eigenvalue weighted by molar-refractivity contribution is 7.09. The molecule has 4 rings (SSSR count). The second-order valence-corrected chi connectivity index (χ2v) is 7.52. The molecule has 0 aliphatic carbocycles. The van der Waals surface area contributed by atoms with Gasteiger partial charge >= 0.3 is 0 Å². The van der Waals surface area contributed by atoms with Crippen molar-refractivity contribution in [3.63, 3.8) is 0 Å². The van der Waals surface area contributed by atoms with E-state index in [-0.39, 0.29) is 5.91 Å². The number of carbonyl (C=O) groups is 1. The fourth-order valence-electron chi connectivity index (χ4n) is 3.11. The van der Waals surface area contributed by atoms with Crippen LogP contribution in [0.5, 0.6) is 0 Å². The third-order valence-corrected chi connectivity index (χ3v) is 5.38.